The number of amides is 1. The predicted molar refractivity (Wildman–Crippen MR) is 156 cm³/mol. The number of methoxy groups -OCH3 is 1. The molecule has 5 aromatic rings. The van der Waals surface area contributed by atoms with E-state index in [1.54, 1.807) is 33.2 Å². The fraction of sp³-hybridized carbons (Fsp3) is 0.276. The fourth-order valence-corrected chi connectivity index (χ4v) is 5.08. The van der Waals surface area contributed by atoms with E-state index in [-0.39, 0.29) is 30.7 Å². The highest BCUT2D eigenvalue weighted by Crippen LogP contribution is 2.37. The van der Waals surface area contributed by atoms with Gasteiger partial charge in [-0.05, 0) is 44.5 Å². The molecular formula is C29H28FN5O6S. The number of carbonyl (C=O) groups excluding carboxylic acids is 1. The van der Waals surface area contributed by atoms with Crippen LogP contribution >= 0.6 is 11.3 Å². The summed E-state index contributed by atoms with van der Waals surface area (Å²) in [7, 11) is 1.59. The van der Waals surface area contributed by atoms with Gasteiger partial charge in [0, 0.05) is 23.1 Å². The van der Waals surface area contributed by atoms with Crippen molar-refractivity contribution < 1.29 is 33.2 Å². The lowest BCUT2D eigenvalue weighted by atomic mass is 10.1. The second-order valence-electron chi connectivity index (χ2n) is 9.41. The molecule has 0 bridgehead atoms. The Morgan fingerprint density at radius 2 is 1.86 bits per heavy atom. The number of anilines is 1. The van der Waals surface area contributed by atoms with Crippen LogP contribution in [0.25, 0.3) is 31.7 Å². The quantitative estimate of drug-likeness (QED) is 0.212. The monoisotopic (exact) mass is 593 g/mol. The van der Waals surface area contributed by atoms with E-state index in [0.717, 1.165) is 26.7 Å². The third-order valence-corrected chi connectivity index (χ3v) is 7.33. The minimum Gasteiger partial charge on any atom is -0.495 e. The van der Waals surface area contributed by atoms with E-state index in [1.165, 1.54) is 29.8 Å². The Morgan fingerprint density at radius 1 is 1.07 bits per heavy atom. The number of ether oxygens (including phenoxy) is 4. The topological polar surface area (TPSA) is 138 Å². The van der Waals surface area contributed by atoms with Gasteiger partial charge in [0.1, 0.15) is 29.6 Å². The smallest absolute Gasteiger partial charge is 0.412 e. The first-order valence-electron chi connectivity index (χ1n) is 13.0. The van der Waals surface area contributed by atoms with Crippen molar-refractivity contribution in [1.82, 2.24) is 19.9 Å². The maximum Gasteiger partial charge on any atom is 0.412 e. The molecule has 0 aliphatic rings. The Bertz CT molecular complexity index is 1730. The average molecular weight is 594 g/mol. The lowest BCUT2D eigenvalue weighted by Crippen LogP contribution is -2.32. The van der Waals surface area contributed by atoms with Crippen LogP contribution in [0.1, 0.15) is 19.4 Å². The van der Waals surface area contributed by atoms with Crippen molar-refractivity contribution in [1.29, 1.82) is 0 Å². The molecule has 42 heavy (non-hydrogen) atoms. The number of thiazole rings is 1. The van der Waals surface area contributed by atoms with Gasteiger partial charge in [0.25, 0.3) is 0 Å². The average Bonchev–Trinajstić information content (AvgIpc) is 3.38. The van der Waals surface area contributed by atoms with Gasteiger partial charge in [-0.1, -0.05) is 0 Å². The van der Waals surface area contributed by atoms with Gasteiger partial charge in [-0.3, -0.25) is 10.3 Å². The molecule has 1 amide bonds. The molecule has 0 radical (unpaired) electrons. The number of pyridine rings is 1. The SMILES string of the molecule is COc1cnc2c(-c3nc4cc(F)c(O[C@@H](C)[C@@H](C)OC(=O)Nc5cnc(OCCO)nc5)cc4s3)cc(C)cc2c1. The van der Waals surface area contributed by atoms with Crippen molar-refractivity contribution >= 4 is 44.2 Å². The molecule has 0 unspecified atom stereocenters. The van der Waals surface area contributed by atoms with Gasteiger partial charge in [0.15, 0.2) is 11.6 Å². The van der Waals surface area contributed by atoms with Crippen LogP contribution in [0.5, 0.6) is 17.5 Å². The van der Waals surface area contributed by atoms with Crippen molar-refractivity contribution in [2.45, 2.75) is 33.0 Å². The molecule has 3 aromatic heterocycles. The predicted octanol–water partition coefficient (Wildman–Crippen LogP) is 5.53. The molecule has 0 spiro atoms. The Labute approximate surface area is 244 Å². The van der Waals surface area contributed by atoms with Crippen molar-refractivity contribution in [2.75, 3.05) is 25.6 Å². The summed E-state index contributed by atoms with van der Waals surface area (Å²) < 4.78 is 37.5. The minimum atomic E-state index is -0.759. The third kappa shape index (κ3) is 6.47. The van der Waals surface area contributed by atoms with E-state index in [9.17, 15) is 4.79 Å². The number of aliphatic hydroxyl groups is 1. The van der Waals surface area contributed by atoms with Crippen LogP contribution in [0.2, 0.25) is 0 Å². The van der Waals surface area contributed by atoms with E-state index in [1.807, 2.05) is 25.1 Å². The van der Waals surface area contributed by atoms with Crippen LogP contribution in [0.3, 0.4) is 0 Å². The van der Waals surface area contributed by atoms with Crippen LogP contribution in [-0.4, -0.2) is 63.7 Å². The summed E-state index contributed by atoms with van der Waals surface area (Å²) >= 11 is 1.40. The number of aliphatic hydroxyl groups excluding tert-OH is 1. The summed E-state index contributed by atoms with van der Waals surface area (Å²) in [5, 5.41) is 12.9. The Hall–Kier alpha value is -4.62. The molecule has 2 aromatic carbocycles. The number of nitrogens with one attached hydrogen (secondary N) is 1. The molecule has 3 heterocycles. The van der Waals surface area contributed by atoms with Crippen LogP contribution in [0.4, 0.5) is 14.9 Å². The number of nitrogens with zero attached hydrogens (tertiary/aromatic N) is 4. The molecule has 0 aliphatic carbocycles. The van der Waals surface area contributed by atoms with Gasteiger partial charge in [-0.15, -0.1) is 11.3 Å². The second-order valence-corrected chi connectivity index (χ2v) is 10.4. The second kappa shape index (κ2) is 12.5. The van der Waals surface area contributed by atoms with Gasteiger partial charge < -0.3 is 24.1 Å². The van der Waals surface area contributed by atoms with Gasteiger partial charge in [0.05, 0.1) is 53.7 Å². The molecular weight excluding hydrogens is 565 g/mol. The van der Waals surface area contributed by atoms with Crippen molar-refractivity contribution in [2.24, 2.45) is 0 Å². The number of fused-ring (bicyclic) bond motifs is 2. The van der Waals surface area contributed by atoms with Crippen molar-refractivity contribution in [3.8, 4) is 28.1 Å². The number of benzene rings is 2. The van der Waals surface area contributed by atoms with Crippen molar-refractivity contribution in [3.05, 3.63) is 60.3 Å². The maximum absolute atomic E-state index is 15.1. The van der Waals surface area contributed by atoms with E-state index in [4.69, 9.17) is 24.1 Å². The van der Waals surface area contributed by atoms with Gasteiger partial charge in [-0.25, -0.2) is 24.1 Å². The molecule has 0 aliphatic heterocycles. The molecule has 2 atom stereocenters. The van der Waals surface area contributed by atoms with E-state index in [0.29, 0.717) is 16.3 Å². The highest BCUT2D eigenvalue weighted by atomic mass is 32.1. The Balaban J connectivity index is 1.28. The maximum atomic E-state index is 15.1. The number of hydrogen-bond donors (Lipinski definition) is 2. The zero-order valence-electron chi connectivity index (χ0n) is 23.3. The number of rotatable bonds is 10. The number of halogens is 1. The number of aromatic nitrogens is 4. The third-order valence-electron chi connectivity index (χ3n) is 6.27. The standard InChI is InChI=1S/C29H28FN5O6S/c1-15-7-18-9-20(38-4)14-31-26(18)21(8-15)27-35-23-10-22(30)24(11-25(23)42-27)40-16(2)17(3)41-29(37)34-19-12-32-28(33-13-19)39-6-5-36/h7-14,16-17,36H,5-6H2,1-4H3,(H,34,37)/t16-,17+/m0/s1. The zero-order valence-corrected chi connectivity index (χ0v) is 24.1. The summed E-state index contributed by atoms with van der Waals surface area (Å²) in [6, 6.07) is 8.94. The summed E-state index contributed by atoms with van der Waals surface area (Å²) in [4.78, 5) is 29.5. The first-order chi connectivity index (χ1) is 20.2. The summed E-state index contributed by atoms with van der Waals surface area (Å²) in [5.41, 5.74) is 3.42. The minimum absolute atomic E-state index is 0.0184. The fourth-order valence-electron chi connectivity index (χ4n) is 4.09. The molecule has 13 heteroatoms. The number of aryl methyl sites for hydroxylation is 1. The van der Waals surface area contributed by atoms with E-state index < -0.39 is 24.1 Å². The van der Waals surface area contributed by atoms with Crippen molar-refractivity contribution in [3.63, 3.8) is 0 Å². The Kier molecular flexibility index (Phi) is 8.59. The lowest BCUT2D eigenvalue weighted by molar-refractivity contribution is 0.0402. The normalized spacial score (nSPS) is 12.6. The largest absolute Gasteiger partial charge is 0.495 e. The number of hydrogen-bond acceptors (Lipinski definition) is 11. The molecule has 218 valence electrons. The van der Waals surface area contributed by atoms with Gasteiger partial charge in [-0.2, -0.15) is 0 Å². The molecule has 0 fully saturated rings. The highest BCUT2D eigenvalue weighted by molar-refractivity contribution is 7.21. The molecule has 5 rings (SSSR count). The molecule has 0 saturated carbocycles. The van der Waals surface area contributed by atoms with Crippen LogP contribution in [0.15, 0.2) is 48.9 Å². The summed E-state index contributed by atoms with van der Waals surface area (Å²) in [5.74, 6) is 0.0930. The van der Waals surface area contributed by atoms with Gasteiger partial charge >= 0.3 is 12.1 Å². The van der Waals surface area contributed by atoms with E-state index >= 15 is 4.39 Å². The van der Waals surface area contributed by atoms with Gasteiger partial charge in [0.2, 0.25) is 0 Å². The van der Waals surface area contributed by atoms with Crippen LogP contribution < -0.4 is 19.5 Å². The highest BCUT2D eigenvalue weighted by Gasteiger charge is 2.22. The lowest BCUT2D eigenvalue weighted by Gasteiger charge is -2.22. The first kappa shape index (κ1) is 28.9. The van der Waals surface area contributed by atoms with E-state index in [2.05, 4.69) is 25.3 Å². The molecule has 11 nitrogen and oxygen atoms in total. The molecule has 0 saturated heterocycles. The first-order valence-corrected chi connectivity index (χ1v) is 13.8. The van der Waals surface area contributed by atoms with Crippen LogP contribution in [-0.2, 0) is 4.74 Å². The van der Waals surface area contributed by atoms with Crippen LogP contribution in [0, 0.1) is 12.7 Å². The zero-order chi connectivity index (χ0) is 29.8. The summed E-state index contributed by atoms with van der Waals surface area (Å²) in [6.45, 7) is 5.19. The Morgan fingerprint density at radius 3 is 2.60 bits per heavy atom. The molecule has 2 N–H and O–H groups in total. The number of carbonyl (C=O) groups is 1. The summed E-state index contributed by atoms with van der Waals surface area (Å²) in [6.07, 6.45) is 2.17.